The average molecular weight is 299 g/mol. The summed E-state index contributed by atoms with van der Waals surface area (Å²) >= 11 is 3.48. The van der Waals surface area contributed by atoms with Gasteiger partial charge in [0, 0.05) is 24.1 Å². The molecule has 17 heavy (non-hydrogen) atoms. The Labute approximate surface area is 111 Å². The maximum Gasteiger partial charge on any atom is 0.236 e. The van der Waals surface area contributed by atoms with Crippen molar-refractivity contribution in [3.05, 3.63) is 34.3 Å². The Balaban J connectivity index is 2.51. The Morgan fingerprint density at radius 2 is 2.06 bits per heavy atom. The zero-order valence-electron chi connectivity index (χ0n) is 10.5. The van der Waals surface area contributed by atoms with Gasteiger partial charge in [0.1, 0.15) is 0 Å². The molecule has 1 aromatic rings. The minimum atomic E-state index is 0.106. The highest BCUT2D eigenvalue weighted by Gasteiger charge is 2.10. The Bertz CT molecular complexity index is 379. The van der Waals surface area contributed by atoms with E-state index in [4.69, 9.17) is 0 Å². The molecule has 0 aromatic heterocycles. The van der Waals surface area contributed by atoms with E-state index in [2.05, 4.69) is 21.2 Å². The summed E-state index contributed by atoms with van der Waals surface area (Å²) in [6.07, 6.45) is 0. The van der Waals surface area contributed by atoms with E-state index in [9.17, 15) is 4.79 Å². The first-order chi connectivity index (χ1) is 8.00. The first-order valence-corrected chi connectivity index (χ1v) is 6.50. The molecule has 0 radical (unpaired) electrons. The van der Waals surface area contributed by atoms with Crippen LogP contribution < -0.4 is 5.32 Å². The smallest absolute Gasteiger partial charge is 0.236 e. The third-order valence-corrected chi connectivity index (χ3v) is 3.23. The van der Waals surface area contributed by atoms with Crippen molar-refractivity contribution in [1.29, 1.82) is 0 Å². The second kappa shape index (κ2) is 6.77. The van der Waals surface area contributed by atoms with Crippen LogP contribution in [0.15, 0.2) is 28.7 Å². The fraction of sp³-hybridized carbons (Fsp3) is 0.462. The zero-order chi connectivity index (χ0) is 12.8. The third kappa shape index (κ3) is 4.88. The van der Waals surface area contributed by atoms with Crippen LogP contribution in [0.25, 0.3) is 0 Å². The zero-order valence-corrected chi connectivity index (χ0v) is 12.1. The molecule has 0 bridgehead atoms. The number of benzene rings is 1. The Morgan fingerprint density at radius 3 is 2.65 bits per heavy atom. The lowest BCUT2D eigenvalue weighted by molar-refractivity contribution is -0.129. The first-order valence-electron chi connectivity index (χ1n) is 5.71. The van der Waals surface area contributed by atoms with Gasteiger partial charge in [-0.2, -0.15) is 0 Å². The maximum atomic E-state index is 11.8. The Morgan fingerprint density at radius 1 is 1.41 bits per heavy atom. The van der Waals surface area contributed by atoms with Crippen LogP contribution in [0.1, 0.15) is 19.4 Å². The van der Waals surface area contributed by atoms with Crippen LogP contribution in [-0.2, 0) is 11.3 Å². The predicted octanol–water partition coefficient (Wildman–Crippen LogP) is 2.41. The normalized spacial score (nSPS) is 10.6. The van der Waals surface area contributed by atoms with E-state index in [0.29, 0.717) is 19.1 Å². The molecule has 3 nitrogen and oxygen atoms in total. The number of carbonyl (C=O) groups excluding carboxylic acids is 1. The largest absolute Gasteiger partial charge is 0.340 e. The molecule has 1 aromatic carbocycles. The standard InChI is InChI=1S/C13H19BrN2O/c1-10(2)15-8-13(17)16(3)9-11-6-4-5-7-12(11)14/h4-7,10,15H,8-9H2,1-3H3. The van der Waals surface area contributed by atoms with Gasteiger partial charge in [0.2, 0.25) is 5.91 Å². The number of nitrogens with one attached hydrogen (secondary N) is 1. The highest BCUT2D eigenvalue weighted by atomic mass is 79.9. The molecule has 94 valence electrons. The van der Waals surface area contributed by atoms with Gasteiger partial charge in [0.15, 0.2) is 0 Å². The number of nitrogens with zero attached hydrogens (tertiary/aromatic N) is 1. The number of amides is 1. The average Bonchev–Trinajstić information content (AvgIpc) is 2.28. The van der Waals surface area contributed by atoms with Gasteiger partial charge in [0.05, 0.1) is 6.54 Å². The Hall–Kier alpha value is -0.870. The first kappa shape index (κ1) is 14.2. The third-order valence-electron chi connectivity index (χ3n) is 2.45. The lowest BCUT2D eigenvalue weighted by Gasteiger charge is -2.19. The molecule has 0 atom stereocenters. The van der Waals surface area contributed by atoms with Gasteiger partial charge in [-0.25, -0.2) is 0 Å². The molecule has 0 spiro atoms. The molecular formula is C13H19BrN2O. The fourth-order valence-corrected chi connectivity index (χ4v) is 1.81. The van der Waals surface area contributed by atoms with Gasteiger partial charge in [-0.15, -0.1) is 0 Å². The molecular weight excluding hydrogens is 280 g/mol. The van der Waals surface area contributed by atoms with Crippen LogP contribution in [0.2, 0.25) is 0 Å². The SMILES string of the molecule is CC(C)NCC(=O)N(C)Cc1ccccc1Br. The van der Waals surface area contributed by atoms with Crippen molar-refractivity contribution in [3.63, 3.8) is 0 Å². The number of halogens is 1. The molecule has 1 rings (SSSR count). The van der Waals surface area contributed by atoms with Crippen molar-refractivity contribution in [2.45, 2.75) is 26.4 Å². The summed E-state index contributed by atoms with van der Waals surface area (Å²) in [5.41, 5.74) is 1.12. The second-order valence-corrected chi connectivity index (χ2v) is 5.23. The van der Waals surface area contributed by atoms with Gasteiger partial charge in [-0.05, 0) is 11.6 Å². The van der Waals surface area contributed by atoms with Crippen LogP contribution in [0.5, 0.6) is 0 Å². The van der Waals surface area contributed by atoms with Crippen LogP contribution in [0.4, 0.5) is 0 Å². The molecule has 0 fully saturated rings. The molecule has 0 aliphatic heterocycles. The minimum absolute atomic E-state index is 0.106. The quantitative estimate of drug-likeness (QED) is 0.905. The lowest BCUT2D eigenvalue weighted by Crippen LogP contribution is -2.37. The molecule has 4 heteroatoms. The minimum Gasteiger partial charge on any atom is -0.340 e. The van der Waals surface area contributed by atoms with E-state index in [1.807, 2.05) is 45.2 Å². The molecule has 1 amide bonds. The van der Waals surface area contributed by atoms with E-state index in [0.717, 1.165) is 10.0 Å². The van der Waals surface area contributed by atoms with E-state index in [1.54, 1.807) is 4.90 Å². The molecule has 1 N–H and O–H groups in total. The van der Waals surface area contributed by atoms with E-state index in [1.165, 1.54) is 0 Å². The van der Waals surface area contributed by atoms with Crippen LogP contribution >= 0.6 is 15.9 Å². The maximum absolute atomic E-state index is 11.8. The van der Waals surface area contributed by atoms with Crippen LogP contribution in [-0.4, -0.2) is 30.4 Å². The summed E-state index contributed by atoms with van der Waals surface area (Å²) in [5.74, 6) is 0.106. The number of likely N-dealkylation sites (N-methyl/N-ethyl adjacent to an activating group) is 1. The lowest BCUT2D eigenvalue weighted by atomic mass is 10.2. The van der Waals surface area contributed by atoms with Gasteiger partial charge < -0.3 is 10.2 Å². The van der Waals surface area contributed by atoms with Crippen molar-refractivity contribution < 1.29 is 4.79 Å². The number of rotatable bonds is 5. The topological polar surface area (TPSA) is 32.3 Å². The van der Waals surface area contributed by atoms with Gasteiger partial charge in [-0.1, -0.05) is 48.0 Å². The van der Waals surface area contributed by atoms with Crippen LogP contribution in [0.3, 0.4) is 0 Å². The predicted molar refractivity (Wildman–Crippen MR) is 73.8 cm³/mol. The van der Waals surface area contributed by atoms with Gasteiger partial charge in [0.25, 0.3) is 0 Å². The number of carbonyl (C=O) groups is 1. The summed E-state index contributed by atoms with van der Waals surface area (Å²) in [4.78, 5) is 13.5. The van der Waals surface area contributed by atoms with Crippen molar-refractivity contribution in [2.24, 2.45) is 0 Å². The monoisotopic (exact) mass is 298 g/mol. The number of hydrogen-bond donors (Lipinski definition) is 1. The van der Waals surface area contributed by atoms with Crippen molar-refractivity contribution in [1.82, 2.24) is 10.2 Å². The van der Waals surface area contributed by atoms with E-state index in [-0.39, 0.29) is 5.91 Å². The highest BCUT2D eigenvalue weighted by Crippen LogP contribution is 2.17. The molecule has 0 heterocycles. The van der Waals surface area contributed by atoms with Crippen molar-refractivity contribution in [3.8, 4) is 0 Å². The fourth-order valence-electron chi connectivity index (χ4n) is 1.40. The highest BCUT2D eigenvalue weighted by molar-refractivity contribution is 9.10. The summed E-state index contributed by atoms with van der Waals surface area (Å²) in [7, 11) is 1.82. The van der Waals surface area contributed by atoms with E-state index >= 15 is 0 Å². The summed E-state index contributed by atoms with van der Waals surface area (Å²) in [6, 6.07) is 8.28. The van der Waals surface area contributed by atoms with Crippen LogP contribution in [0, 0.1) is 0 Å². The molecule has 0 unspecified atom stereocenters. The second-order valence-electron chi connectivity index (χ2n) is 4.38. The summed E-state index contributed by atoms with van der Waals surface area (Å²) < 4.78 is 1.04. The van der Waals surface area contributed by atoms with Crippen molar-refractivity contribution in [2.75, 3.05) is 13.6 Å². The van der Waals surface area contributed by atoms with Crippen molar-refractivity contribution >= 4 is 21.8 Å². The number of hydrogen-bond acceptors (Lipinski definition) is 2. The summed E-state index contributed by atoms with van der Waals surface area (Å²) in [5, 5.41) is 3.12. The molecule has 0 aliphatic carbocycles. The van der Waals surface area contributed by atoms with Gasteiger partial charge in [-0.3, -0.25) is 4.79 Å². The molecule has 0 saturated heterocycles. The summed E-state index contributed by atoms with van der Waals surface area (Å²) in [6.45, 7) is 5.07. The van der Waals surface area contributed by atoms with E-state index < -0.39 is 0 Å². The van der Waals surface area contributed by atoms with Gasteiger partial charge >= 0.3 is 0 Å². The molecule has 0 saturated carbocycles. The Kier molecular flexibility index (Phi) is 5.65. The molecule has 0 aliphatic rings.